The monoisotopic (exact) mass is 381 g/mol. The maximum Gasteiger partial charge on any atom is 0.336 e. The van der Waals surface area contributed by atoms with Crippen LogP contribution in [-0.4, -0.2) is 22.2 Å². The molecule has 0 amide bonds. The fourth-order valence-electron chi connectivity index (χ4n) is 1.91. The Hall–Kier alpha value is -1.99. The molecule has 0 saturated heterocycles. The van der Waals surface area contributed by atoms with Gasteiger partial charge in [-0.2, -0.15) is 0 Å². The lowest BCUT2D eigenvalue weighted by Crippen LogP contribution is -2.05. The molecule has 2 rings (SSSR count). The van der Waals surface area contributed by atoms with Crippen molar-refractivity contribution < 1.29 is 19.8 Å². The van der Waals surface area contributed by atoms with Crippen LogP contribution in [0, 0.1) is 6.92 Å². The molecule has 0 radical (unpaired) electrons. The maximum atomic E-state index is 11.3. The van der Waals surface area contributed by atoms with E-state index in [9.17, 15) is 14.7 Å². The molecule has 7 heteroatoms. The molecule has 0 heterocycles. The number of nitrogens with two attached hydrogens (primary N) is 1. The smallest absolute Gasteiger partial charge is 0.336 e. The molecular formula is C15H12BrNO4S. The second kappa shape index (κ2) is 6.41. The average molecular weight is 382 g/mol. The van der Waals surface area contributed by atoms with Crippen LogP contribution in [-0.2, 0) is 0 Å². The Morgan fingerprint density at radius 2 is 1.73 bits per heavy atom. The molecule has 0 aromatic heterocycles. The minimum Gasteiger partial charge on any atom is -0.478 e. The van der Waals surface area contributed by atoms with Crippen molar-refractivity contribution >= 4 is 45.3 Å². The summed E-state index contributed by atoms with van der Waals surface area (Å²) < 4.78 is 0.512. The Kier molecular flexibility index (Phi) is 4.77. The van der Waals surface area contributed by atoms with Gasteiger partial charge in [0, 0.05) is 14.3 Å². The fraction of sp³-hybridized carbons (Fsp3) is 0.0667. The second-order valence-corrected chi connectivity index (χ2v) is 6.39. The van der Waals surface area contributed by atoms with E-state index in [1.54, 1.807) is 25.1 Å². The van der Waals surface area contributed by atoms with Crippen LogP contribution in [0.4, 0.5) is 5.69 Å². The van der Waals surface area contributed by atoms with Gasteiger partial charge in [-0.1, -0.05) is 23.9 Å². The van der Waals surface area contributed by atoms with Gasteiger partial charge in [0.15, 0.2) is 0 Å². The molecule has 0 bridgehead atoms. The molecule has 2 aromatic rings. The third-order valence-corrected chi connectivity index (χ3v) is 5.21. The number of carbonyl (C=O) groups is 2. The molecule has 0 unspecified atom stereocenters. The van der Waals surface area contributed by atoms with Crippen molar-refractivity contribution in [3.8, 4) is 0 Å². The van der Waals surface area contributed by atoms with Crippen molar-refractivity contribution in [1.29, 1.82) is 0 Å². The zero-order valence-corrected chi connectivity index (χ0v) is 13.9. The van der Waals surface area contributed by atoms with E-state index in [1.165, 1.54) is 23.9 Å². The maximum absolute atomic E-state index is 11.3. The predicted molar refractivity (Wildman–Crippen MR) is 87.8 cm³/mol. The van der Waals surface area contributed by atoms with Crippen LogP contribution in [0.25, 0.3) is 0 Å². The summed E-state index contributed by atoms with van der Waals surface area (Å²) in [7, 11) is 0. The topological polar surface area (TPSA) is 101 Å². The Bertz CT molecular complexity index is 776. The number of halogens is 1. The van der Waals surface area contributed by atoms with Gasteiger partial charge in [-0.3, -0.25) is 0 Å². The van der Waals surface area contributed by atoms with Crippen LogP contribution in [0.1, 0.15) is 26.3 Å². The molecule has 22 heavy (non-hydrogen) atoms. The Balaban J connectivity index is 2.54. The molecule has 2 aromatic carbocycles. The third-order valence-electron chi connectivity index (χ3n) is 3.10. The van der Waals surface area contributed by atoms with Crippen LogP contribution in [0.2, 0.25) is 0 Å². The highest BCUT2D eigenvalue weighted by Gasteiger charge is 2.19. The van der Waals surface area contributed by atoms with E-state index < -0.39 is 11.9 Å². The normalized spacial score (nSPS) is 10.5. The number of nitrogen functional groups attached to an aromatic ring is 1. The number of hydrogen-bond acceptors (Lipinski definition) is 4. The minimum absolute atomic E-state index is 0.111. The molecule has 114 valence electrons. The van der Waals surface area contributed by atoms with Gasteiger partial charge in [0.05, 0.1) is 16.8 Å². The first-order valence-corrected chi connectivity index (χ1v) is 7.76. The molecule has 5 nitrogen and oxygen atoms in total. The number of carboxylic acid groups (broad SMARTS) is 2. The van der Waals surface area contributed by atoms with E-state index in [2.05, 4.69) is 15.9 Å². The molecule has 0 atom stereocenters. The van der Waals surface area contributed by atoms with E-state index in [0.29, 0.717) is 25.5 Å². The largest absolute Gasteiger partial charge is 0.478 e. The van der Waals surface area contributed by atoms with Crippen LogP contribution < -0.4 is 5.73 Å². The summed E-state index contributed by atoms with van der Waals surface area (Å²) in [5, 5.41) is 18.4. The van der Waals surface area contributed by atoms with E-state index >= 15 is 0 Å². The quantitative estimate of drug-likeness (QED) is 0.694. The lowest BCUT2D eigenvalue weighted by atomic mass is 10.1. The zero-order valence-electron chi connectivity index (χ0n) is 11.5. The van der Waals surface area contributed by atoms with Gasteiger partial charge in [-0.15, -0.1) is 0 Å². The molecule has 0 saturated carbocycles. The van der Waals surface area contributed by atoms with Crippen molar-refractivity contribution in [2.75, 3.05) is 5.73 Å². The summed E-state index contributed by atoms with van der Waals surface area (Å²) in [6.07, 6.45) is 0. The Morgan fingerprint density at radius 3 is 2.32 bits per heavy atom. The summed E-state index contributed by atoms with van der Waals surface area (Å²) in [6, 6.07) is 8.04. The molecule has 0 fully saturated rings. The predicted octanol–water partition coefficient (Wildman–Crippen LogP) is 3.89. The number of anilines is 1. The van der Waals surface area contributed by atoms with E-state index in [-0.39, 0.29) is 11.1 Å². The molecule has 0 aliphatic carbocycles. The summed E-state index contributed by atoms with van der Waals surface area (Å²) in [5.74, 6) is -2.09. The molecule has 4 N–H and O–H groups in total. The van der Waals surface area contributed by atoms with Gasteiger partial charge in [-0.25, -0.2) is 9.59 Å². The summed E-state index contributed by atoms with van der Waals surface area (Å²) in [6.45, 7) is 1.62. The number of rotatable bonds is 4. The number of hydrogen-bond donors (Lipinski definition) is 3. The Morgan fingerprint density at radius 1 is 1.14 bits per heavy atom. The molecule has 0 aliphatic heterocycles. The van der Waals surface area contributed by atoms with Gasteiger partial charge in [-0.05, 0) is 46.6 Å². The zero-order chi connectivity index (χ0) is 16.4. The van der Waals surface area contributed by atoms with Crippen molar-refractivity contribution in [1.82, 2.24) is 0 Å². The summed E-state index contributed by atoms with van der Waals surface area (Å²) >= 11 is 4.49. The van der Waals surface area contributed by atoms with E-state index in [4.69, 9.17) is 10.8 Å². The lowest BCUT2D eigenvalue weighted by Gasteiger charge is -2.14. The van der Waals surface area contributed by atoms with Crippen LogP contribution in [0.15, 0.2) is 44.6 Å². The van der Waals surface area contributed by atoms with Gasteiger partial charge >= 0.3 is 11.9 Å². The lowest BCUT2D eigenvalue weighted by molar-refractivity contribution is 0.0683. The van der Waals surface area contributed by atoms with E-state index in [1.807, 2.05) is 0 Å². The van der Waals surface area contributed by atoms with Crippen LogP contribution in [0.3, 0.4) is 0 Å². The van der Waals surface area contributed by atoms with Gasteiger partial charge in [0.1, 0.15) is 0 Å². The molecule has 0 aliphatic rings. The standard InChI is InChI=1S/C15H12BrNO4S/c1-7-9(15(20)21)6-10(16)13(12(7)17)22-11-5-3-2-4-8(11)14(18)19/h2-6H,17H2,1H3,(H,18,19)(H,20,21). The van der Waals surface area contributed by atoms with Crippen molar-refractivity contribution in [3.05, 3.63) is 51.5 Å². The van der Waals surface area contributed by atoms with Gasteiger partial charge in [0.25, 0.3) is 0 Å². The highest BCUT2D eigenvalue weighted by Crippen LogP contribution is 2.41. The van der Waals surface area contributed by atoms with Gasteiger partial charge in [0.2, 0.25) is 0 Å². The number of carboxylic acids is 2. The number of benzene rings is 2. The highest BCUT2D eigenvalue weighted by atomic mass is 79.9. The minimum atomic E-state index is -1.06. The SMILES string of the molecule is Cc1c(C(=O)O)cc(Br)c(Sc2ccccc2C(=O)O)c1N. The Labute approximate surface area is 139 Å². The van der Waals surface area contributed by atoms with Gasteiger partial charge < -0.3 is 15.9 Å². The summed E-state index contributed by atoms with van der Waals surface area (Å²) in [5.41, 5.74) is 7.08. The third kappa shape index (κ3) is 3.10. The molecule has 0 spiro atoms. The molecular weight excluding hydrogens is 370 g/mol. The first-order valence-electron chi connectivity index (χ1n) is 6.15. The first-order chi connectivity index (χ1) is 10.3. The van der Waals surface area contributed by atoms with Crippen molar-refractivity contribution in [2.24, 2.45) is 0 Å². The second-order valence-electron chi connectivity index (χ2n) is 4.48. The fourth-order valence-corrected chi connectivity index (χ4v) is 3.65. The summed E-state index contributed by atoms with van der Waals surface area (Å²) in [4.78, 5) is 23.6. The van der Waals surface area contributed by atoms with Crippen molar-refractivity contribution in [3.63, 3.8) is 0 Å². The van der Waals surface area contributed by atoms with Crippen LogP contribution >= 0.6 is 27.7 Å². The van der Waals surface area contributed by atoms with Crippen LogP contribution in [0.5, 0.6) is 0 Å². The highest BCUT2D eigenvalue weighted by molar-refractivity contribution is 9.10. The first kappa shape index (κ1) is 16.4. The average Bonchev–Trinajstić information content (AvgIpc) is 2.47. The number of aromatic carboxylic acids is 2. The van der Waals surface area contributed by atoms with Crippen molar-refractivity contribution in [2.45, 2.75) is 16.7 Å². The van der Waals surface area contributed by atoms with E-state index in [0.717, 1.165) is 0 Å².